The average Bonchev–Trinajstić information content (AvgIpc) is 1.82. The lowest BCUT2D eigenvalue weighted by Crippen LogP contribution is -2.43. The minimum atomic E-state index is -0.292. The zero-order valence-electron chi connectivity index (χ0n) is 5.77. The fraction of sp³-hybridized carbons (Fsp3) is 0.600. The highest BCUT2D eigenvalue weighted by Crippen LogP contribution is 1.94. The van der Waals surface area contributed by atoms with Crippen molar-refractivity contribution in [3.63, 3.8) is 0 Å². The predicted molar refractivity (Wildman–Crippen MR) is 40.3 cm³/mol. The molecule has 5 heteroatoms. The molecule has 0 rings (SSSR count). The lowest BCUT2D eigenvalue weighted by Gasteiger charge is -2.04. The Balaban J connectivity index is 3.50. The molecule has 10 heavy (non-hydrogen) atoms. The maximum atomic E-state index is 10.7. The van der Waals surface area contributed by atoms with Crippen LogP contribution >= 0.6 is 15.9 Å². The van der Waals surface area contributed by atoms with Gasteiger partial charge in [-0.05, 0) is 6.92 Å². The molecule has 0 aromatic carbocycles. The van der Waals surface area contributed by atoms with Crippen LogP contribution in [0.15, 0.2) is 0 Å². The third-order valence-corrected chi connectivity index (χ3v) is 1.14. The lowest BCUT2D eigenvalue weighted by atomic mass is 10.5. The topological polar surface area (TPSA) is 58.2 Å². The number of carbonyl (C=O) groups excluding carboxylic acids is 2. The first-order valence-electron chi connectivity index (χ1n) is 2.74. The van der Waals surface area contributed by atoms with E-state index in [9.17, 15) is 9.59 Å². The van der Waals surface area contributed by atoms with Crippen LogP contribution < -0.4 is 10.9 Å². The highest BCUT2D eigenvalue weighted by molar-refractivity contribution is 9.10. The van der Waals surface area contributed by atoms with Crippen LogP contribution in [-0.2, 0) is 9.59 Å². The first kappa shape index (κ1) is 9.42. The van der Waals surface area contributed by atoms with Crippen molar-refractivity contribution >= 4 is 27.7 Å². The first-order valence-corrected chi connectivity index (χ1v) is 3.66. The summed E-state index contributed by atoms with van der Waals surface area (Å²) in [5.41, 5.74) is 4.35. The largest absolute Gasteiger partial charge is 0.274 e. The molecule has 0 fully saturated rings. The van der Waals surface area contributed by atoms with Gasteiger partial charge in [0.05, 0.1) is 4.83 Å². The number of hydrogen-bond donors (Lipinski definition) is 2. The van der Waals surface area contributed by atoms with Crippen LogP contribution in [0.4, 0.5) is 0 Å². The minimum Gasteiger partial charge on any atom is -0.274 e. The van der Waals surface area contributed by atoms with Crippen LogP contribution in [0.2, 0.25) is 0 Å². The Bertz CT molecular complexity index is 147. The Morgan fingerprint density at radius 2 is 1.90 bits per heavy atom. The second-order valence-electron chi connectivity index (χ2n) is 1.79. The van der Waals surface area contributed by atoms with E-state index in [2.05, 4.69) is 26.8 Å². The van der Waals surface area contributed by atoms with E-state index >= 15 is 0 Å². The second kappa shape index (κ2) is 4.27. The fourth-order valence-corrected chi connectivity index (χ4v) is 0.364. The predicted octanol–water partition coefficient (Wildman–Crippen LogP) is -0.0629. The zero-order valence-corrected chi connectivity index (χ0v) is 7.36. The SMILES string of the molecule is CC(=O)NNC(=O)C(C)Br. The first-order chi connectivity index (χ1) is 4.54. The zero-order chi connectivity index (χ0) is 8.15. The number of amides is 2. The molecule has 0 spiro atoms. The van der Waals surface area contributed by atoms with E-state index in [0.29, 0.717) is 0 Å². The van der Waals surface area contributed by atoms with E-state index in [4.69, 9.17) is 0 Å². The van der Waals surface area contributed by atoms with Crippen molar-refractivity contribution in [2.45, 2.75) is 18.7 Å². The molecule has 0 radical (unpaired) electrons. The Kier molecular flexibility index (Phi) is 4.02. The Morgan fingerprint density at radius 3 is 2.20 bits per heavy atom. The molecule has 0 aliphatic carbocycles. The number of halogens is 1. The van der Waals surface area contributed by atoms with Gasteiger partial charge in [-0.3, -0.25) is 20.4 Å². The standard InChI is InChI=1S/C5H9BrN2O2/c1-3(6)5(10)8-7-4(2)9/h3H,1-2H3,(H,7,9)(H,8,10). The van der Waals surface area contributed by atoms with Gasteiger partial charge in [-0.1, -0.05) is 15.9 Å². The number of rotatable bonds is 1. The van der Waals surface area contributed by atoms with Crippen molar-refractivity contribution in [2.75, 3.05) is 0 Å². The molecule has 0 aromatic heterocycles. The third-order valence-electron chi connectivity index (χ3n) is 0.723. The average molecular weight is 209 g/mol. The van der Waals surface area contributed by atoms with Crippen LogP contribution in [0.25, 0.3) is 0 Å². The van der Waals surface area contributed by atoms with Crippen LogP contribution in [0.5, 0.6) is 0 Å². The van der Waals surface area contributed by atoms with Crippen LogP contribution in [0, 0.1) is 0 Å². The van der Waals surface area contributed by atoms with Crippen molar-refractivity contribution in [2.24, 2.45) is 0 Å². The van der Waals surface area contributed by atoms with E-state index in [-0.39, 0.29) is 16.6 Å². The van der Waals surface area contributed by atoms with Crippen molar-refractivity contribution in [3.05, 3.63) is 0 Å². The van der Waals surface area contributed by atoms with Crippen LogP contribution in [-0.4, -0.2) is 16.6 Å². The van der Waals surface area contributed by atoms with Gasteiger partial charge in [-0.25, -0.2) is 0 Å². The molecule has 0 aromatic rings. The van der Waals surface area contributed by atoms with E-state index in [0.717, 1.165) is 0 Å². The summed E-state index contributed by atoms with van der Waals surface area (Å²) in [6, 6.07) is 0. The Hall–Kier alpha value is -0.580. The fourth-order valence-electron chi connectivity index (χ4n) is 0.249. The number of carbonyl (C=O) groups is 2. The monoisotopic (exact) mass is 208 g/mol. The third kappa shape index (κ3) is 4.31. The second-order valence-corrected chi connectivity index (χ2v) is 3.16. The highest BCUT2D eigenvalue weighted by Gasteiger charge is 2.06. The molecule has 1 unspecified atom stereocenters. The molecule has 1 atom stereocenters. The smallest absolute Gasteiger partial charge is 0.251 e. The van der Waals surface area contributed by atoms with Crippen molar-refractivity contribution in [3.8, 4) is 0 Å². The summed E-state index contributed by atoms with van der Waals surface area (Å²) in [7, 11) is 0. The van der Waals surface area contributed by atoms with E-state index in [1.807, 2.05) is 0 Å². The molecular weight excluding hydrogens is 200 g/mol. The highest BCUT2D eigenvalue weighted by atomic mass is 79.9. The van der Waals surface area contributed by atoms with E-state index in [1.54, 1.807) is 6.92 Å². The molecule has 2 N–H and O–H groups in total. The molecule has 0 heterocycles. The van der Waals surface area contributed by atoms with Gasteiger partial charge < -0.3 is 0 Å². The van der Waals surface area contributed by atoms with Crippen molar-refractivity contribution < 1.29 is 9.59 Å². The Morgan fingerprint density at radius 1 is 1.40 bits per heavy atom. The molecule has 0 saturated carbocycles. The summed E-state index contributed by atoms with van der Waals surface area (Å²) in [5, 5.41) is 0. The van der Waals surface area contributed by atoms with Gasteiger partial charge >= 0.3 is 0 Å². The number of hydrazine groups is 1. The van der Waals surface area contributed by atoms with Crippen LogP contribution in [0.3, 0.4) is 0 Å². The number of hydrogen-bond acceptors (Lipinski definition) is 2. The molecule has 2 amide bonds. The molecule has 0 aliphatic rings. The molecule has 4 nitrogen and oxygen atoms in total. The normalized spacial score (nSPS) is 11.9. The van der Waals surface area contributed by atoms with Gasteiger partial charge in [0.15, 0.2) is 0 Å². The summed E-state index contributed by atoms with van der Waals surface area (Å²) >= 11 is 3.03. The summed E-state index contributed by atoms with van der Waals surface area (Å²) in [6.45, 7) is 2.98. The van der Waals surface area contributed by atoms with Gasteiger partial charge in [0.2, 0.25) is 5.91 Å². The molecule has 58 valence electrons. The summed E-state index contributed by atoms with van der Waals surface area (Å²) in [4.78, 5) is 20.6. The molecular formula is C5H9BrN2O2. The van der Waals surface area contributed by atoms with Gasteiger partial charge in [0.1, 0.15) is 0 Å². The summed E-state index contributed by atoms with van der Waals surface area (Å²) in [6.07, 6.45) is 0. The van der Waals surface area contributed by atoms with Gasteiger partial charge in [0.25, 0.3) is 5.91 Å². The van der Waals surface area contributed by atoms with Gasteiger partial charge in [-0.15, -0.1) is 0 Å². The summed E-state index contributed by atoms with van der Waals surface area (Å²) in [5.74, 6) is -0.559. The minimum absolute atomic E-state index is 0.268. The Labute approximate surface area is 67.5 Å². The van der Waals surface area contributed by atoms with Gasteiger partial charge in [-0.2, -0.15) is 0 Å². The lowest BCUT2D eigenvalue weighted by molar-refractivity contribution is -0.127. The van der Waals surface area contributed by atoms with E-state index < -0.39 is 0 Å². The van der Waals surface area contributed by atoms with Crippen LogP contribution in [0.1, 0.15) is 13.8 Å². The van der Waals surface area contributed by atoms with Crippen molar-refractivity contribution in [1.82, 2.24) is 10.9 Å². The number of alkyl halides is 1. The quantitative estimate of drug-likeness (QED) is 0.469. The summed E-state index contributed by atoms with van der Waals surface area (Å²) < 4.78 is 0. The molecule has 0 aliphatic heterocycles. The molecule has 0 bridgehead atoms. The van der Waals surface area contributed by atoms with E-state index in [1.165, 1.54) is 6.92 Å². The maximum absolute atomic E-state index is 10.7. The van der Waals surface area contributed by atoms with Crippen molar-refractivity contribution in [1.29, 1.82) is 0 Å². The molecule has 0 saturated heterocycles. The number of nitrogens with one attached hydrogen (secondary N) is 2. The van der Waals surface area contributed by atoms with Gasteiger partial charge in [0, 0.05) is 6.92 Å². The maximum Gasteiger partial charge on any atom is 0.251 e.